The predicted octanol–water partition coefficient (Wildman–Crippen LogP) is 1.55. The highest BCUT2D eigenvalue weighted by Crippen LogP contribution is 2.23. The van der Waals surface area contributed by atoms with Crippen molar-refractivity contribution in [2.45, 2.75) is 25.5 Å². The molecule has 1 aromatic heterocycles. The minimum absolute atomic E-state index is 0. The maximum absolute atomic E-state index is 12.1. The SMILES string of the molecule is CCNC(=NCCOc1cccnc1)N1CCS(=O)(=O)C(C)(C)C1.I. The molecule has 1 aliphatic rings. The van der Waals surface area contributed by atoms with Crippen molar-refractivity contribution in [2.24, 2.45) is 4.99 Å². The Morgan fingerprint density at radius 2 is 2.24 bits per heavy atom. The molecule has 1 N–H and O–H groups in total. The van der Waals surface area contributed by atoms with Gasteiger partial charge in [0.15, 0.2) is 15.8 Å². The van der Waals surface area contributed by atoms with Crippen LogP contribution in [0.1, 0.15) is 20.8 Å². The number of aromatic nitrogens is 1. The fourth-order valence-electron chi connectivity index (χ4n) is 2.50. The number of guanidine groups is 1. The summed E-state index contributed by atoms with van der Waals surface area (Å²) in [5.41, 5.74) is 0. The normalized spacial score (nSPS) is 19.0. The van der Waals surface area contributed by atoms with E-state index in [1.54, 1.807) is 26.2 Å². The van der Waals surface area contributed by atoms with Crippen molar-refractivity contribution in [3.63, 3.8) is 0 Å². The lowest BCUT2D eigenvalue weighted by Crippen LogP contribution is -2.57. The summed E-state index contributed by atoms with van der Waals surface area (Å²) >= 11 is 0. The Hall–Kier alpha value is -1.10. The summed E-state index contributed by atoms with van der Waals surface area (Å²) in [5.74, 6) is 1.59. The first kappa shape index (κ1) is 21.9. The van der Waals surface area contributed by atoms with E-state index in [1.165, 1.54) is 0 Å². The molecule has 0 bridgehead atoms. The molecule has 0 spiro atoms. The number of halogens is 1. The van der Waals surface area contributed by atoms with Gasteiger partial charge in [0, 0.05) is 25.8 Å². The van der Waals surface area contributed by atoms with Crippen LogP contribution in [0, 0.1) is 0 Å². The van der Waals surface area contributed by atoms with Crippen LogP contribution in [0.3, 0.4) is 0 Å². The van der Waals surface area contributed by atoms with Crippen LogP contribution in [-0.2, 0) is 9.84 Å². The Balaban J connectivity index is 0.00000312. The molecule has 7 nitrogen and oxygen atoms in total. The molecule has 1 saturated heterocycles. The Morgan fingerprint density at radius 3 is 2.84 bits per heavy atom. The number of ether oxygens (including phenoxy) is 1. The molecule has 0 aliphatic carbocycles. The van der Waals surface area contributed by atoms with Crippen molar-refractivity contribution in [1.82, 2.24) is 15.2 Å². The first-order valence-electron chi connectivity index (χ1n) is 8.14. The summed E-state index contributed by atoms with van der Waals surface area (Å²) in [4.78, 5) is 10.6. The van der Waals surface area contributed by atoms with E-state index < -0.39 is 14.6 Å². The highest BCUT2D eigenvalue weighted by atomic mass is 127. The molecule has 0 aromatic carbocycles. The lowest BCUT2D eigenvalue weighted by molar-refractivity contribution is 0.322. The standard InChI is InChI=1S/C16H26N4O3S.HI/c1-4-18-15(19-8-10-23-14-6-5-7-17-12-14)20-9-11-24(21,22)16(2,3)13-20;/h5-7,12H,4,8-11,13H2,1-3H3,(H,18,19);1H. The van der Waals surface area contributed by atoms with E-state index in [0.717, 1.165) is 12.5 Å². The molecule has 0 atom stereocenters. The fraction of sp³-hybridized carbons (Fsp3) is 0.625. The molecule has 1 aliphatic heterocycles. The smallest absolute Gasteiger partial charge is 0.194 e. The highest BCUT2D eigenvalue weighted by molar-refractivity contribution is 14.0. The molecule has 0 saturated carbocycles. The molecule has 2 heterocycles. The molecule has 9 heteroatoms. The summed E-state index contributed by atoms with van der Waals surface area (Å²) < 4.78 is 29.1. The third kappa shape index (κ3) is 5.98. The molecule has 2 rings (SSSR count). The number of aliphatic imine (C=N–C) groups is 1. The lowest BCUT2D eigenvalue weighted by atomic mass is 10.2. The van der Waals surface area contributed by atoms with E-state index in [0.29, 0.717) is 32.0 Å². The minimum Gasteiger partial charge on any atom is -0.490 e. The third-order valence-corrected chi connectivity index (χ3v) is 6.47. The van der Waals surface area contributed by atoms with E-state index >= 15 is 0 Å². The predicted molar refractivity (Wildman–Crippen MR) is 111 cm³/mol. The second-order valence-corrected chi connectivity index (χ2v) is 9.02. The van der Waals surface area contributed by atoms with Gasteiger partial charge in [-0.05, 0) is 32.9 Å². The van der Waals surface area contributed by atoms with Crippen LogP contribution in [0.2, 0.25) is 0 Å². The van der Waals surface area contributed by atoms with Gasteiger partial charge in [-0.15, -0.1) is 24.0 Å². The monoisotopic (exact) mass is 482 g/mol. The van der Waals surface area contributed by atoms with Crippen LogP contribution in [-0.4, -0.2) is 67.5 Å². The summed E-state index contributed by atoms with van der Waals surface area (Å²) in [5, 5.41) is 3.23. The zero-order valence-corrected chi connectivity index (χ0v) is 18.1. The van der Waals surface area contributed by atoms with E-state index in [4.69, 9.17) is 4.74 Å². The molecule has 142 valence electrons. The first-order chi connectivity index (χ1) is 11.4. The van der Waals surface area contributed by atoms with E-state index in [-0.39, 0.29) is 29.7 Å². The van der Waals surface area contributed by atoms with Crippen molar-refractivity contribution in [2.75, 3.05) is 38.5 Å². The number of hydrogen-bond acceptors (Lipinski definition) is 5. The second-order valence-electron chi connectivity index (χ2n) is 6.27. The van der Waals surface area contributed by atoms with Gasteiger partial charge in [0.1, 0.15) is 12.4 Å². The van der Waals surface area contributed by atoms with Crippen molar-refractivity contribution < 1.29 is 13.2 Å². The Labute approximate surface area is 167 Å². The average molecular weight is 482 g/mol. The molecule has 1 aromatic rings. The summed E-state index contributed by atoms with van der Waals surface area (Å²) in [6.45, 7) is 8.08. The summed E-state index contributed by atoms with van der Waals surface area (Å²) in [6, 6.07) is 3.67. The fourth-order valence-corrected chi connectivity index (χ4v) is 3.86. The number of nitrogens with zero attached hydrogens (tertiary/aromatic N) is 3. The van der Waals surface area contributed by atoms with Gasteiger partial charge >= 0.3 is 0 Å². The summed E-state index contributed by atoms with van der Waals surface area (Å²) in [7, 11) is -3.06. The Bertz CT molecular complexity index is 665. The number of rotatable bonds is 5. The van der Waals surface area contributed by atoms with Crippen LogP contribution in [0.5, 0.6) is 5.75 Å². The minimum atomic E-state index is -3.06. The van der Waals surface area contributed by atoms with Crippen LogP contribution < -0.4 is 10.1 Å². The van der Waals surface area contributed by atoms with Gasteiger partial charge in [-0.1, -0.05) is 0 Å². The molecule has 25 heavy (non-hydrogen) atoms. The van der Waals surface area contributed by atoms with Crippen LogP contribution >= 0.6 is 24.0 Å². The van der Waals surface area contributed by atoms with E-state index in [1.807, 2.05) is 24.0 Å². The number of sulfone groups is 1. The largest absolute Gasteiger partial charge is 0.490 e. The van der Waals surface area contributed by atoms with Gasteiger partial charge in [-0.2, -0.15) is 0 Å². The number of nitrogens with one attached hydrogen (secondary N) is 1. The first-order valence-corrected chi connectivity index (χ1v) is 9.79. The zero-order valence-electron chi connectivity index (χ0n) is 14.9. The van der Waals surface area contributed by atoms with Gasteiger partial charge in [-0.25, -0.2) is 13.4 Å². The lowest BCUT2D eigenvalue weighted by Gasteiger charge is -2.39. The third-order valence-electron chi connectivity index (χ3n) is 3.93. The molecular weight excluding hydrogens is 455 g/mol. The summed E-state index contributed by atoms with van der Waals surface area (Å²) in [6.07, 6.45) is 3.35. The van der Waals surface area contributed by atoms with Gasteiger partial charge in [0.25, 0.3) is 0 Å². The van der Waals surface area contributed by atoms with Gasteiger partial charge in [-0.3, -0.25) is 4.98 Å². The Kier molecular flexibility index (Phi) is 8.39. The molecular formula is C16H27IN4O3S. The quantitative estimate of drug-likeness (QED) is 0.297. The average Bonchev–Trinajstić information content (AvgIpc) is 2.54. The molecule has 0 unspecified atom stereocenters. The van der Waals surface area contributed by atoms with Crippen molar-refractivity contribution >= 4 is 39.8 Å². The number of pyridine rings is 1. The Morgan fingerprint density at radius 1 is 1.48 bits per heavy atom. The molecule has 1 fully saturated rings. The zero-order chi connectivity index (χ0) is 17.6. The highest BCUT2D eigenvalue weighted by Gasteiger charge is 2.40. The van der Waals surface area contributed by atoms with E-state index in [9.17, 15) is 8.42 Å². The van der Waals surface area contributed by atoms with Crippen molar-refractivity contribution in [1.29, 1.82) is 0 Å². The van der Waals surface area contributed by atoms with Gasteiger partial charge in [0.05, 0.1) is 23.2 Å². The van der Waals surface area contributed by atoms with Gasteiger partial charge < -0.3 is 15.0 Å². The topological polar surface area (TPSA) is 83.9 Å². The van der Waals surface area contributed by atoms with Crippen molar-refractivity contribution in [3.05, 3.63) is 24.5 Å². The van der Waals surface area contributed by atoms with Crippen LogP contribution in [0.4, 0.5) is 0 Å². The van der Waals surface area contributed by atoms with Crippen molar-refractivity contribution in [3.8, 4) is 5.75 Å². The van der Waals surface area contributed by atoms with E-state index in [2.05, 4.69) is 15.3 Å². The van der Waals surface area contributed by atoms with Crippen LogP contribution in [0.15, 0.2) is 29.5 Å². The molecule has 0 radical (unpaired) electrons. The molecule has 0 amide bonds. The van der Waals surface area contributed by atoms with Crippen LogP contribution in [0.25, 0.3) is 0 Å². The second kappa shape index (κ2) is 9.56. The number of hydrogen-bond donors (Lipinski definition) is 1. The maximum atomic E-state index is 12.1. The maximum Gasteiger partial charge on any atom is 0.194 e. The van der Waals surface area contributed by atoms with Gasteiger partial charge in [0.2, 0.25) is 0 Å².